The molecule has 0 spiro atoms. The molecule has 6 aromatic heterocycles. The van der Waals surface area contributed by atoms with Crippen LogP contribution in [0.15, 0.2) is 82.5 Å². The zero-order chi connectivity index (χ0) is 32.2. The molecule has 2 fully saturated rings. The van der Waals surface area contributed by atoms with E-state index in [4.69, 9.17) is 19.4 Å². The van der Waals surface area contributed by atoms with Crippen LogP contribution in [0.4, 0.5) is 11.6 Å². The Kier molecular flexibility index (Phi) is 9.56. The first-order valence-corrected chi connectivity index (χ1v) is 16.9. The van der Waals surface area contributed by atoms with Crippen LogP contribution < -0.4 is 15.4 Å². The molecular weight excluding hydrogens is 732 g/mol. The van der Waals surface area contributed by atoms with Crippen molar-refractivity contribution in [2.75, 3.05) is 37.1 Å². The average Bonchev–Trinajstić information content (AvgIpc) is 3.93. The van der Waals surface area contributed by atoms with Crippen LogP contribution in [0.3, 0.4) is 0 Å². The van der Waals surface area contributed by atoms with E-state index in [-0.39, 0.29) is 0 Å². The van der Waals surface area contributed by atoms with E-state index >= 15 is 0 Å². The van der Waals surface area contributed by atoms with Crippen molar-refractivity contribution >= 4 is 54.8 Å². The van der Waals surface area contributed by atoms with Gasteiger partial charge >= 0.3 is 0 Å². The summed E-state index contributed by atoms with van der Waals surface area (Å²) >= 11 is 7.03. The van der Waals surface area contributed by atoms with Gasteiger partial charge in [-0.25, -0.2) is 9.97 Å². The van der Waals surface area contributed by atoms with E-state index < -0.39 is 0 Å². The van der Waals surface area contributed by atoms with E-state index in [1.165, 1.54) is 0 Å². The Labute approximate surface area is 287 Å². The van der Waals surface area contributed by atoms with Crippen molar-refractivity contribution in [3.8, 4) is 0 Å². The van der Waals surface area contributed by atoms with E-state index in [0.717, 1.165) is 91.8 Å². The number of pyridine rings is 2. The van der Waals surface area contributed by atoms with E-state index in [0.29, 0.717) is 31.5 Å². The van der Waals surface area contributed by atoms with Crippen LogP contribution in [0.25, 0.3) is 11.3 Å². The lowest BCUT2D eigenvalue weighted by molar-refractivity contribution is -0.905. The first kappa shape index (κ1) is 31.4. The van der Waals surface area contributed by atoms with E-state index in [1.54, 1.807) is 41.6 Å². The Morgan fingerprint density at radius 3 is 1.89 bits per heavy atom. The first-order chi connectivity index (χ1) is 23.0. The van der Waals surface area contributed by atoms with Gasteiger partial charge < -0.3 is 20.1 Å². The highest BCUT2D eigenvalue weighted by Gasteiger charge is 2.23. The second-order valence-electron chi connectivity index (χ2n) is 11.4. The van der Waals surface area contributed by atoms with Crippen molar-refractivity contribution in [1.82, 2.24) is 34.2 Å². The molecule has 0 amide bonds. The summed E-state index contributed by atoms with van der Waals surface area (Å²) < 4.78 is 17.4. The van der Waals surface area contributed by atoms with Crippen LogP contribution in [0, 0.1) is 0 Å². The number of nitrogens with zero attached hydrogens (tertiary/aromatic N) is 8. The summed E-state index contributed by atoms with van der Waals surface area (Å²) in [5.41, 5.74) is 5.74. The maximum atomic E-state index is 9.51. The number of nitrogens with one attached hydrogen (secondary N) is 2. The molecule has 0 radical (unpaired) electrons. The van der Waals surface area contributed by atoms with Gasteiger partial charge in [-0.1, -0.05) is 6.07 Å². The maximum absolute atomic E-state index is 9.51. The summed E-state index contributed by atoms with van der Waals surface area (Å²) in [5.74, 6) is 2.45. The van der Waals surface area contributed by atoms with Crippen molar-refractivity contribution in [3.05, 3.63) is 105 Å². The van der Waals surface area contributed by atoms with Gasteiger partial charge in [-0.3, -0.25) is 10.2 Å². The second kappa shape index (κ2) is 14.3. The summed E-state index contributed by atoms with van der Waals surface area (Å²) in [5, 5.41) is 25.1. The molecule has 0 aliphatic carbocycles. The van der Waals surface area contributed by atoms with Crippen LogP contribution in [0.1, 0.15) is 47.2 Å². The van der Waals surface area contributed by atoms with Gasteiger partial charge in [0, 0.05) is 79.0 Å². The Bertz CT molecular complexity index is 1980. The van der Waals surface area contributed by atoms with E-state index in [9.17, 15) is 5.21 Å². The lowest BCUT2D eigenvalue weighted by atomic mass is 10.0. The van der Waals surface area contributed by atoms with Crippen molar-refractivity contribution in [2.45, 2.75) is 37.8 Å². The van der Waals surface area contributed by atoms with Gasteiger partial charge in [0.1, 0.15) is 11.6 Å². The van der Waals surface area contributed by atoms with Gasteiger partial charge in [0.25, 0.3) is 0 Å². The van der Waals surface area contributed by atoms with Crippen molar-refractivity contribution in [1.29, 1.82) is 0 Å². The second-order valence-corrected chi connectivity index (χ2v) is 13.1. The minimum absolute atomic E-state index is 0.314. The van der Waals surface area contributed by atoms with Gasteiger partial charge in [0.15, 0.2) is 11.3 Å². The van der Waals surface area contributed by atoms with Crippen LogP contribution in [0.5, 0.6) is 0 Å². The molecule has 8 heterocycles. The molecule has 47 heavy (non-hydrogen) atoms. The third-order valence-electron chi connectivity index (χ3n) is 8.11. The fraction of sp³-hybridized carbons (Fsp3) is 0.312. The zero-order valence-corrected chi connectivity index (χ0v) is 28.5. The number of fused-ring (bicyclic) bond motifs is 2. The molecule has 2 unspecified atom stereocenters. The molecule has 2 saturated heterocycles. The molecule has 2 aliphatic heterocycles. The number of anilines is 2. The van der Waals surface area contributed by atoms with E-state index in [1.807, 2.05) is 35.0 Å². The summed E-state index contributed by atoms with van der Waals surface area (Å²) in [4.78, 5) is 13.6. The minimum atomic E-state index is 0.314. The molecule has 0 aromatic carbocycles. The molecule has 8 rings (SSSR count). The van der Waals surface area contributed by atoms with Gasteiger partial charge in [-0.15, -0.1) is 0 Å². The van der Waals surface area contributed by atoms with Crippen molar-refractivity contribution < 1.29 is 19.4 Å². The predicted octanol–water partition coefficient (Wildman–Crippen LogP) is 5.14. The Morgan fingerprint density at radius 2 is 1.38 bits per heavy atom. The largest absolute Gasteiger partial charge is 0.381 e. The number of ether oxygens (including phenoxy) is 2. The van der Waals surface area contributed by atoms with Crippen molar-refractivity contribution in [2.24, 2.45) is 0 Å². The smallest absolute Gasteiger partial charge is 0.227 e. The predicted molar refractivity (Wildman–Crippen MR) is 180 cm³/mol. The molecule has 13 nitrogen and oxygen atoms in total. The maximum Gasteiger partial charge on any atom is 0.227 e. The van der Waals surface area contributed by atoms with Crippen LogP contribution in [0.2, 0.25) is 0 Å². The normalized spacial score (nSPS) is 17.6. The zero-order valence-electron chi connectivity index (χ0n) is 25.3. The number of rotatable bonds is 8. The molecule has 6 aromatic rings. The molecule has 242 valence electrons. The quantitative estimate of drug-likeness (QED) is 0.141. The highest BCUT2D eigenvalue weighted by Crippen LogP contribution is 2.30. The third-order valence-corrected chi connectivity index (χ3v) is 9.23. The van der Waals surface area contributed by atoms with Crippen LogP contribution in [-0.4, -0.2) is 65.8 Å². The first-order valence-electron chi connectivity index (χ1n) is 15.3. The average molecular weight is 765 g/mol. The highest BCUT2D eigenvalue weighted by molar-refractivity contribution is 9.11. The minimum Gasteiger partial charge on any atom is -0.381 e. The van der Waals surface area contributed by atoms with Gasteiger partial charge in [0.05, 0.1) is 45.9 Å². The van der Waals surface area contributed by atoms with E-state index in [2.05, 4.69) is 63.7 Å². The van der Waals surface area contributed by atoms with Crippen LogP contribution in [-0.2, 0) is 22.6 Å². The monoisotopic (exact) mass is 763 g/mol. The standard InChI is InChI=1S/C16H17BrN5O2.C16H16BrN5O/c17-13-8-19-22-15(18-7-11-2-1-4-21(23)9-11)6-14(20-16(13)22)12-3-5-24-10-12;17-13-9-20-22-15(19-8-11-2-1-4-18-7-11)6-14(21-16(13)22)12-3-5-23-10-12/h1-2,4,6,8-9,12,18,23H,3,5,7,10H2;1-2,4,6-7,9,12,19H,3,5,8,10H2/q+1;. The SMILES string of the molecule is Brc1cnn2c(NCc3cccnc3)cc(C3CCOC3)nc12.O[n+]1cccc(CNc2cc(C3CCOC3)nc3c(Br)cnn23)c1. The molecule has 0 bridgehead atoms. The number of hydrogen-bond donors (Lipinski definition) is 3. The number of hydrogen-bond acceptors (Lipinski definition) is 10. The molecular formula is C32H33Br2N10O3+. The molecule has 2 atom stereocenters. The lowest BCUT2D eigenvalue weighted by Crippen LogP contribution is -2.29. The third kappa shape index (κ3) is 7.22. The number of halogens is 2. The highest BCUT2D eigenvalue weighted by atomic mass is 79.9. The summed E-state index contributed by atoms with van der Waals surface area (Å²) in [6.07, 6.45) is 12.4. The topological polar surface area (TPSA) is 140 Å². The van der Waals surface area contributed by atoms with Gasteiger partial charge in [0.2, 0.25) is 12.4 Å². The Hall–Kier alpha value is -4.18. The number of aromatic nitrogens is 8. The summed E-state index contributed by atoms with van der Waals surface area (Å²) in [6, 6.07) is 11.8. The molecule has 15 heteroatoms. The summed E-state index contributed by atoms with van der Waals surface area (Å²) in [6.45, 7) is 4.27. The Morgan fingerprint density at radius 1 is 0.809 bits per heavy atom. The lowest BCUT2D eigenvalue weighted by Gasteiger charge is -2.13. The Balaban J connectivity index is 0.000000150. The molecule has 3 N–H and O–H groups in total. The van der Waals surface area contributed by atoms with Gasteiger partial charge in [-0.05, 0) is 62.4 Å². The molecule has 2 aliphatic rings. The van der Waals surface area contributed by atoms with Crippen molar-refractivity contribution in [3.63, 3.8) is 0 Å². The van der Waals surface area contributed by atoms with Crippen LogP contribution >= 0.6 is 31.9 Å². The fourth-order valence-corrected chi connectivity index (χ4v) is 6.32. The fourth-order valence-electron chi connectivity index (χ4n) is 5.62. The van der Waals surface area contributed by atoms with Gasteiger partial charge in [-0.2, -0.15) is 19.2 Å². The summed E-state index contributed by atoms with van der Waals surface area (Å²) in [7, 11) is 0. The molecule has 0 saturated carbocycles.